The maximum Gasteiger partial charge on any atom is 0.0645 e. The molecule has 1 aliphatic heterocycles. The molecule has 0 aromatic carbocycles. The van der Waals surface area contributed by atoms with E-state index in [0.29, 0.717) is 6.04 Å². The fourth-order valence-corrected chi connectivity index (χ4v) is 3.80. The Morgan fingerprint density at radius 3 is 2.67 bits per heavy atom. The van der Waals surface area contributed by atoms with E-state index in [4.69, 9.17) is 10.5 Å². The summed E-state index contributed by atoms with van der Waals surface area (Å²) in [6, 6.07) is 4.82. The van der Waals surface area contributed by atoms with E-state index in [2.05, 4.69) is 44.7 Å². The smallest absolute Gasteiger partial charge is 0.0645 e. The van der Waals surface area contributed by atoms with Crippen molar-refractivity contribution in [1.82, 2.24) is 4.90 Å². The van der Waals surface area contributed by atoms with Crippen molar-refractivity contribution >= 4 is 11.3 Å². The summed E-state index contributed by atoms with van der Waals surface area (Å²) in [5.74, 6) is 0. The van der Waals surface area contributed by atoms with E-state index in [1.54, 1.807) is 0 Å². The summed E-state index contributed by atoms with van der Waals surface area (Å²) in [4.78, 5) is 5.23. The Bertz CT molecular complexity index is 400. The van der Waals surface area contributed by atoms with Crippen LogP contribution in [0.5, 0.6) is 0 Å². The molecule has 0 amide bonds. The molecule has 102 valence electrons. The lowest BCUT2D eigenvalue weighted by Gasteiger charge is -2.47. The molecule has 1 saturated heterocycles. The van der Waals surface area contributed by atoms with Crippen LogP contribution in [0, 0.1) is 6.92 Å². The van der Waals surface area contributed by atoms with Crippen molar-refractivity contribution < 1.29 is 4.74 Å². The van der Waals surface area contributed by atoms with Gasteiger partial charge in [0.25, 0.3) is 0 Å². The number of nitrogens with two attached hydrogens (primary N) is 1. The second-order valence-electron chi connectivity index (χ2n) is 5.81. The highest BCUT2D eigenvalue weighted by Crippen LogP contribution is 2.35. The largest absolute Gasteiger partial charge is 0.378 e. The Balaban J connectivity index is 2.30. The topological polar surface area (TPSA) is 38.5 Å². The SMILES string of the molecule is Cc1ccc(C(C(C)N)N2CCOCC2(C)C)s1. The molecule has 2 atom stereocenters. The van der Waals surface area contributed by atoms with Crippen molar-refractivity contribution in [2.75, 3.05) is 19.8 Å². The second kappa shape index (κ2) is 5.29. The first kappa shape index (κ1) is 14.0. The van der Waals surface area contributed by atoms with Gasteiger partial charge in [0, 0.05) is 27.9 Å². The zero-order valence-electron chi connectivity index (χ0n) is 11.8. The summed E-state index contributed by atoms with van der Waals surface area (Å²) in [6.45, 7) is 11.3. The van der Waals surface area contributed by atoms with Crippen LogP contribution in [-0.4, -0.2) is 36.2 Å². The maximum atomic E-state index is 6.25. The molecular formula is C14H24N2OS. The first-order valence-electron chi connectivity index (χ1n) is 6.58. The quantitative estimate of drug-likeness (QED) is 0.915. The second-order valence-corrected chi connectivity index (χ2v) is 7.13. The average molecular weight is 268 g/mol. The molecule has 2 heterocycles. The minimum Gasteiger partial charge on any atom is -0.378 e. The highest BCUT2D eigenvalue weighted by atomic mass is 32.1. The van der Waals surface area contributed by atoms with Gasteiger partial charge in [-0.1, -0.05) is 0 Å². The Morgan fingerprint density at radius 1 is 1.44 bits per heavy atom. The fraction of sp³-hybridized carbons (Fsp3) is 0.714. The van der Waals surface area contributed by atoms with Crippen LogP contribution in [-0.2, 0) is 4.74 Å². The van der Waals surface area contributed by atoms with Gasteiger partial charge >= 0.3 is 0 Å². The molecule has 4 heteroatoms. The third kappa shape index (κ3) is 2.77. The highest BCUT2D eigenvalue weighted by Gasteiger charge is 2.38. The van der Waals surface area contributed by atoms with E-state index in [0.717, 1.165) is 19.8 Å². The minimum atomic E-state index is 0.0500. The summed E-state index contributed by atoms with van der Waals surface area (Å²) in [5.41, 5.74) is 6.30. The lowest BCUT2D eigenvalue weighted by Crippen LogP contribution is -2.57. The van der Waals surface area contributed by atoms with E-state index < -0.39 is 0 Å². The van der Waals surface area contributed by atoms with Gasteiger partial charge in [-0.2, -0.15) is 0 Å². The van der Waals surface area contributed by atoms with Crippen molar-refractivity contribution in [2.24, 2.45) is 5.73 Å². The van der Waals surface area contributed by atoms with Crippen LogP contribution >= 0.6 is 11.3 Å². The molecule has 0 aliphatic carbocycles. The number of rotatable bonds is 3. The number of hydrogen-bond acceptors (Lipinski definition) is 4. The molecule has 3 nitrogen and oxygen atoms in total. The molecule has 2 unspecified atom stereocenters. The molecular weight excluding hydrogens is 244 g/mol. The van der Waals surface area contributed by atoms with Crippen LogP contribution < -0.4 is 5.73 Å². The van der Waals surface area contributed by atoms with Gasteiger partial charge in [-0.3, -0.25) is 4.90 Å². The normalized spacial score (nSPS) is 23.8. The third-order valence-electron chi connectivity index (χ3n) is 3.60. The molecule has 2 rings (SSSR count). The molecule has 18 heavy (non-hydrogen) atoms. The molecule has 2 N–H and O–H groups in total. The lowest BCUT2D eigenvalue weighted by molar-refractivity contribution is -0.0759. The van der Waals surface area contributed by atoms with Crippen molar-refractivity contribution in [3.8, 4) is 0 Å². The number of hydrogen-bond donors (Lipinski definition) is 1. The minimum absolute atomic E-state index is 0.0500. The maximum absolute atomic E-state index is 6.25. The molecule has 0 saturated carbocycles. The molecule has 0 bridgehead atoms. The van der Waals surface area contributed by atoms with E-state index in [1.807, 2.05) is 11.3 Å². The van der Waals surface area contributed by atoms with Gasteiger partial charge < -0.3 is 10.5 Å². The van der Waals surface area contributed by atoms with Crippen LogP contribution in [0.1, 0.15) is 36.6 Å². The van der Waals surface area contributed by atoms with Gasteiger partial charge in [-0.25, -0.2) is 0 Å². The molecule has 0 spiro atoms. The standard InChI is InChI=1S/C14H24N2OS/c1-10-5-6-12(18-10)13(11(2)15)16-7-8-17-9-14(16,3)4/h5-6,11,13H,7-9,15H2,1-4H3. The number of thiophene rings is 1. The zero-order valence-corrected chi connectivity index (χ0v) is 12.6. The number of nitrogens with zero attached hydrogens (tertiary/aromatic N) is 1. The van der Waals surface area contributed by atoms with Crippen LogP contribution in [0.4, 0.5) is 0 Å². The predicted octanol–water partition coefficient (Wildman–Crippen LogP) is 2.56. The van der Waals surface area contributed by atoms with Crippen LogP contribution in [0.3, 0.4) is 0 Å². The van der Waals surface area contributed by atoms with Gasteiger partial charge in [-0.15, -0.1) is 11.3 Å². The van der Waals surface area contributed by atoms with Crippen molar-refractivity contribution in [1.29, 1.82) is 0 Å². The van der Waals surface area contributed by atoms with Crippen LogP contribution in [0.15, 0.2) is 12.1 Å². The molecule has 1 fully saturated rings. The first-order chi connectivity index (χ1) is 8.42. The van der Waals surface area contributed by atoms with Gasteiger partial charge in [-0.05, 0) is 39.8 Å². The summed E-state index contributed by atoms with van der Waals surface area (Å²) in [5, 5.41) is 0. The Labute approximate surface area is 114 Å². The van der Waals surface area contributed by atoms with E-state index in [1.165, 1.54) is 9.75 Å². The van der Waals surface area contributed by atoms with Crippen molar-refractivity contribution in [3.63, 3.8) is 0 Å². The van der Waals surface area contributed by atoms with E-state index in [9.17, 15) is 0 Å². The van der Waals surface area contributed by atoms with Crippen LogP contribution in [0.25, 0.3) is 0 Å². The number of morpholine rings is 1. The molecule has 0 radical (unpaired) electrons. The monoisotopic (exact) mass is 268 g/mol. The number of ether oxygens (including phenoxy) is 1. The highest BCUT2D eigenvalue weighted by molar-refractivity contribution is 7.12. The van der Waals surface area contributed by atoms with Crippen LogP contribution in [0.2, 0.25) is 0 Å². The Kier molecular flexibility index (Phi) is 4.11. The van der Waals surface area contributed by atoms with Gasteiger partial charge in [0.05, 0.1) is 19.3 Å². The van der Waals surface area contributed by atoms with E-state index >= 15 is 0 Å². The van der Waals surface area contributed by atoms with Gasteiger partial charge in [0.1, 0.15) is 0 Å². The van der Waals surface area contributed by atoms with Crippen molar-refractivity contribution in [3.05, 3.63) is 21.9 Å². The lowest BCUT2D eigenvalue weighted by atomic mass is 9.96. The summed E-state index contributed by atoms with van der Waals surface area (Å²) in [6.07, 6.45) is 0. The van der Waals surface area contributed by atoms with Gasteiger partial charge in [0.2, 0.25) is 0 Å². The fourth-order valence-electron chi connectivity index (χ4n) is 2.69. The van der Waals surface area contributed by atoms with E-state index in [-0.39, 0.29) is 11.6 Å². The molecule has 1 aromatic heterocycles. The average Bonchev–Trinajstić information content (AvgIpc) is 2.67. The Morgan fingerprint density at radius 2 is 2.17 bits per heavy atom. The predicted molar refractivity (Wildman–Crippen MR) is 77.1 cm³/mol. The summed E-state index contributed by atoms with van der Waals surface area (Å²) < 4.78 is 5.61. The Hall–Kier alpha value is -0.420. The van der Waals surface area contributed by atoms with Gasteiger partial charge in [0.15, 0.2) is 0 Å². The number of aryl methyl sites for hydroxylation is 1. The molecule has 1 aliphatic rings. The van der Waals surface area contributed by atoms with Crippen molar-refractivity contribution in [2.45, 2.75) is 45.3 Å². The first-order valence-corrected chi connectivity index (χ1v) is 7.40. The summed E-state index contributed by atoms with van der Waals surface area (Å²) >= 11 is 1.86. The third-order valence-corrected chi connectivity index (χ3v) is 4.67. The zero-order chi connectivity index (χ0) is 13.3. The molecule has 1 aromatic rings. The summed E-state index contributed by atoms with van der Waals surface area (Å²) in [7, 11) is 0.